The Hall–Kier alpha value is -2.64. The van der Waals surface area contributed by atoms with Crippen LogP contribution in [0.5, 0.6) is 0 Å². The molecule has 1 aromatic carbocycles. The van der Waals surface area contributed by atoms with Crippen molar-refractivity contribution in [3.8, 4) is 11.3 Å². The molecule has 2 heterocycles. The van der Waals surface area contributed by atoms with Gasteiger partial charge in [0.05, 0.1) is 12.1 Å². The molecule has 25 heavy (non-hydrogen) atoms. The highest BCUT2D eigenvalue weighted by atomic mass is 16.4. The Morgan fingerprint density at radius 3 is 2.72 bits per heavy atom. The number of rotatable bonds is 5. The predicted molar refractivity (Wildman–Crippen MR) is 92.0 cm³/mol. The molecule has 1 aliphatic heterocycles. The fourth-order valence-electron chi connectivity index (χ4n) is 3.11. The Kier molecular flexibility index (Phi) is 4.87. The van der Waals surface area contributed by atoms with E-state index >= 15 is 0 Å². The lowest BCUT2D eigenvalue weighted by Gasteiger charge is -2.37. The lowest BCUT2D eigenvalue weighted by Crippen LogP contribution is -2.56. The van der Waals surface area contributed by atoms with Gasteiger partial charge in [-0.25, -0.2) is 4.79 Å². The van der Waals surface area contributed by atoms with Gasteiger partial charge in [0.15, 0.2) is 0 Å². The van der Waals surface area contributed by atoms with Crippen LogP contribution in [0.15, 0.2) is 40.8 Å². The van der Waals surface area contributed by atoms with Crippen LogP contribution in [0.2, 0.25) is 0 Å². The van der Waals surface area contributed by atoms with Crippen molar-refractivity contribution in [2.45, 2.75) is 12.6 Å². The minimum Gasteiger partial charge on any atom is -0.478 e. The molecule has 0 unspecified atom stereocenters. The summed E-state index contributed by atoms with van der Waals surface area (Å²) >= 11 is 0. The first-order chi connectivity index (χ1) is 12.0. The maximum Gasteiger partial charge on any atom is 0.336 e. The van der Waals surface area contributed by atoms with Crippen molar-refractivity contribution in [1.29, 1.82) is 0 Å². The number of nitrogens with zero attached hydrogens (tertiary/aromatic N) is 2. The average molecular weight is 343 g/mol. The van der Waals surface area contributed by atoms with Gasteiger partial charge in [-0.1, -0.05) is 18.2 Å². The molecule has 0 radical (unpaired) electrons. The van der Waals surface area contributed by atoms with Crippen LogP contribution in [0.25, 0.3) is 11.3 Å². The molecule has 7 heteroatoms. The van der Waals surface area contributed by atoms with Gasteiger partial charge < -0.3 is 20.2 Å². The smallest absolute Gasteiger partial charge is 0.336 e. The van der Waals surface area contributed by atoms with Crippen LogP contribution < -0.4 is 5.73 Å². The molecule has 1 amide bonds. The van der Waals surface area contributed by atoms with Gasteiger partial charge in [-0.2, -0.15) is 0 Å². The molecule has 1 atom stereocenters. The number of hydrogen-bond acceptors (Lipinski definition) is 5. The van der Waals surface area contributed by atoms with E-state index in [9.17, 15) is 14.7 Å². The van der Waals surface area contributed by atoms with Crippen LogP contribution in [0.4, 0.5) is 0 Å². The summed E-state index contributed by atoms with van der Waals surface area (Å²) in [5.41, 5.74) is 6.25. The van der Waals surface area contributed by atoms with Gasteiger partial charge in [-0.3, -0.25) is 9.69 Å². The van der Waals surface area contributed by atoms with E-state index < -0.39 is 5.97 Å². The molecule has 0 saturated carbocycles. The van der Waals surface area contributed by atoms with Crippen LogP contribution in [-0.4, -0.2) is 59.5 Å². The molecule has 1 fully saturated rings. The third-order valence-electron chi connectivity index (χ3n) is 4.47. The molecule has 0 spiro atoms. The second kappa shape index (κ2) is 7.08. The molecule has 3 N–H and O–H groups in total. The van der Waals surface area contributed by atoms with E-state index in [4.69, 9.17) is 10.2 Å². The molecule has 1 aromatic heterocycles. The van der Waals surface area contributed by atoms with E-state index in [0.29, 0.717) is 36.7 Å². The Morgan fingerprint density at radius 2 is 2.00 bits per heavy atom. The fourth-order valence-corrected chi connectivity index (χ4v) is 3.11. The molecular weight excluding hydrogens is 322 g/mol. The van der Waals surface area contributed by atoms with Crippen LogP contribution in [-0.2, 0) is 11.3 Å². The van der Waals surface area contributed by atoms with Gasteiger partial charge in [0.25, 0.3) is 0 Å². The summed E-state index contributed by atoms with van der Waals surface area (Å²) in [6.45, 7) is 2.60. The molecule has 0 bridgehead atoms. The first kappa shape index (κ1) is 17.2. The first-order valence-electron chi connectivity index (χ1n) is 8.09. The topological polar surface area (TPSA) is 100 Å². The van der Waals surface area contributed by atoms with Gasteiger partial charge in [-0.05, 0) is 25.2 Å². The van der Waals surface area contributed by atoms with E-state index in [1.165, 1.54) is 0 Å². The number of carboxylic acid groups (broad SMARTS) is 1. The number of furan rings is 1. The summed E-state index contributed by atoms with van der Waals surface area (Å²) in [5.74, 6) is -0.181. The summed E-state index contributed by atoms with van der Waals surface area (Å²) in [4.78, 5) is 27.1. The fraction of sp³-hybridized carbons (Fsp3) is 0.333. The van der Waals surface area contributed by atoms with Crippen molar-refractivity contribution < 1.29 is 19.1 Å². The Bertz CT molecular complexity index is 786. The largest absolute Gasteiger partial charge is 0.478 e. The lowest BCUT2D eigenvalue weighted by atomic mass is 10.1. The van der Waals surface area contributed by atoms with E-state index in [0.717, 1.165) is 6.54 Å². The lowest BCUT2D eigenvalue weighted by molar-refractivity contribution is -0.125. The van der Waals surface area contributed by atoms with Crippen LogP contribution in [0, 0.1) is 0 Å². The van der Waals surface area contributed by atoms with Gasteiger partial charge in [-0.15, -0.1) is 0 Å². The number of carboxylic acids is 1. The normalized spacial score (nSPS) is 19.0. The predicted octanol–water partition coefficient (Wildman–Crippen LogP) is 1.25. The van der Waals surface area contributed by atoms with Gasteiger partial charge in [0.1, 0.15) is 17.6 Å². The maximum atomic E-state index is 11.7. The Morgan fingerprint density at radius 1 is 1.24 bits per heavy atom. The van der Waals surface area contributed by atoms with Gasteiger partial charge in [0, 0.05) is 25.2 Å². The zero-order valence-corrected chi connectivity index (χ0v) is 14.0. The molecule has 1 aliphatic rings. The van der Waals surface area contributed by atoms with Crippen LogP contribution in [0.3, 0.4) is 0 Å². The van der Waals surface area contributed by atoms with E-state index in [1.807, 2.05) is 18.0 Å². The number of carbonyl (C=O) groups excluding carboxylic acids is 1. The van der Waals surface area contributed by atoms with E-state index in [1.54, 1.807) is 30.3 Å². The Labute approximate surface area is 145 Å². The standard InChI is InChI=1S/C18H21N3O4/c1-20-8-9-21(15(11-20)17(19)22)10-12-6-7-16(25-12)13-4-2-3-5-14(13)18(23)24/h2-7,15H,8-11H2,1H3,(H2,19,22)(H,23,24)/t15-/m1/s1. The molecule has 2 aromatic rings. The maximum absolute atomic E-state index is 11.7. The minimum atomic E-state index is -0.999. The number of benzene rings is 1. The molecule has 1 saturated heterocycles. The summed E-state index contributed by atoms with van der Waals surface area (Å²) < 4.78 is 5.85. The molecule has 7 nitrogen and oxygen atoms in total. The van der Waals surface area contributed by atoms with Gasteiger partial charge >= 0.3 is 5.97 Å². The zero-order valence-electron chi connectivity index (χ0n) is 14.0. The monoisotopic (exact) mass is 343 g/mol. The third-order valence-corrected chi connectivity index (χ3v) is 4.47. The highest BCUT2D eigenvalue weighted by molar-refractivity contribution is 5.95. The van der Waals surface area contributed by atoms with Crippen LogP contribution >= 0.6 is 0 Å². The second-order valence-corrected chi connectivity index (χ2v) is 6.27. The summed E-state index contributed by atoms with van der Waals surface area (Å²) in [7, 11) is 1.96. The van der Waals surface area contributed by atoms with Crippen LogP contribution in [0.1, 0.15) is 16.1 Å². The number of carbonyl (C=O) groups is 2. The minimum absolute atomic E-state index is 0.193. The Balaban J connectivity index is 1.80. The molecular formula is C18H21N3O4. The van der Waals surface area contributed by atoms with Crippen molar-refractivity contribution in [2.75, 3.05) is 26.7 Å². The summed E-state index contributed by atoms with van der Waals surface area (Å²) in [6, 6.07) is 9.92. The SMILES string of the molecule is CN1CCN(Cc2ccc(-c3ccccc3C(=O)O)o2)[C@@H](C(N)=O)C1. The highest BCUT2D eigenvalue weighted by Gasteiger charge is 2.30. The average Bonchev–Trinajstić information content (AvgIpc) is 3.04. The number of primary amides is 1. The third kappa shape index (κ3) is 3.72. The number of piperazine rings is 1. The number of aromatic carboxylic acids is 1. The highest BCUT2D eigenvalue weighted by Crippen LogP contribution is 2.27. The number of hydrogen-bond donors (Lipinski definition) is 2. The quantitative estimate of drug-likeness (QED) is 0.847. The van der Waals surface area contributed by atoms with Crippen molar-refractivity contribution in [1.82, 2.24) is 9.80 Å². The van der Waals surface area contributed by atoms with Crippen molar-refractivity contribution >= 4 is 11.9 Å². The number of nitrogens with two attached hydrogens (primary N) is 1. The van der Waals surface area contributed by atoms with E-state index in [-0.39, 0.29) is 17.5 Å². The zero-order chi connectivity index (χ0) is 18.0. The summed E-state index contributed by atoms with van der Waals surface area (Å²) in [5, 5.41) is 9.31. The van der Waals surface area contributed by atoms with Gasteiger partial charge in [0.2, 0.25) is 5.91 Å². The van der Waals surface area contributed by atoms with E-state index in [2.05, 4.69) is 4.90 Å². The molecule has 132 valence electrons. The van der Waals surface area contributed by atoms with Crippen molar-refractivity contribution in [3.05, 3.63) is 47.7 Å². The first-order valence-corrected chi connectivity index (χ1v) is 8.09. The van der Waals surface area contributed by atoms with Crippen molar-refractivity contribution in [3.63, 3.8) is 0 Å². The molecule has 0 aliphatic carbocycles. The summed E-state index contributed by atoms with van der Waals surface area (Å²) in [6.07, 6.45) is 0. The second-order valence-electron chi connectivity index (χ2n) is 6.27. The molecule has 3 rings (SSSR count). The number of likely N-dealkylation sites (N-methyl/N-ethyl adjacent to an activating group) is 1. The van der Waals surface area contributed by atoms with Crippen molar-refractivity contribution in [2.24, 2.45) is 5.73 Å². The number of amides is 1.